The molecule has 9 aromatic rings. The summed E-state index contributed by atoms with van der Waals surface area (Å²) in [6.45, 7) is 0. The number of furan rings is 1. The van der Waals surface area contributed by atoms with Gasteiger partial charge in [-0.1, -0.05) is 109 Å². The maximum Gasteiger partial charge on any atom is 0.235 e. The van der Waals surface area contributed by atoms with Gasteiger partial charge in [-0.05, 0) is 46.5 Å². The summed E-state index contributed by atoms with van der Waals surface area (Å²) in [5.41, 5.74) is 9.13. The average molecular weight is 562 g/mol. The fourth-order valence-electron chi connectivity index (χ4n) is 7.12. The van der Waals surface area contributed by atoms with Crippen molar-refractivity contribution in [2.75, 3.05) is 4.90 Å². The van der Waals surface area contributed by atoms with Crippen LogP contribution in [0.2, 0.25) is 0 Å². The highest BCUT2D eigenvalue weighted by Crippen LogP contribution is 2.54. The van der Waals surface area contributed by atoms with Gasteiger partial charge in [0.05, 0.1) is 22.6 Å². The number of fused-ring (bicyclic) bond motifs is 9. The third kappa shape index (κ3) is 3.17. The lowest BCUT2D eigenvalue weighted by atomic mass is 9.88. The molecule has 1 aliphatic heterocycles. The number of hydrogen-bond acceptors (Lipinski definition) is 4. The summed E-state index contributed by atoms with van der Waals surface area (Å²) in [6.07, 6.45) is 0. The van der Waals surface area contributed by atoms with Crippen molar-refractivity contribution in [1.29, 1.82) is 0 Å². The van der Waals surface area contributed by atoms with E-state index < -0.39 is 0 Å². The van der Waals surface area contributed by atoms with Gasteiger partial charge in [0.2, 0.25) is 5.95 Å². The number of rotatable bonds is 2. The van der Waals surface area contributed by atoms with E-state index in [2.05, 4.69) is 126 Å². The van der Waals surface area contributed by atoms with Crippen LogP contribution in [0.4, 0.5) is 17.3 Å². The molecule has 0 unspecified atom stereocenters. The van der Waals surface area contributed by atoms with Crippen LogP contribution < -0.4 is 4.90 Å². The fourth-order valence-corrected chi connectivity index (χ4v) is 7.12. The van der Waals surface area contributed by atoms with Crippen LogP contribution in [0.5, 0.6) is 0 Å². The predicted octanol–water partition coefficient (Wildman–Crippen LogP) is 11.0. The first-order valence-electron chi connectivity index (χ1n) is 14.8. The van der Waals surface area contributed by atoms with Crippen LogP contribution in [0.3, 0.4) is 0 Å². The summed E-state index contributed by atoms with van der Waals surface area (Å²) < 4.78 is 6.40. The van der Waals surface area contributed by atoms with E-state index >= 15 is 0 Å². The van der Waals surface area contributed by atoms with Crippen molar-refractivity contribution < 1.29 is 4.42 Å². The maximum absolute atomic E-state index is 6.40. The lowest BCUT2D eigenvalue weighted by Crippen LogP contribution is -2.18. The third-order valence-electron chi connectivity index (χ3n) is 8.96. The van der Waals surface area contributed by atoms with Crippen LogP contribution in [0.1, 0.15) is 0 Å². The van der Waals surface area contributed by atoms with Gasteiger partial charge in [-0.15, -0.1) is 0 Å². The Morgan fingerprint density at radius 2 is 1.25 bits per heavy atom. The SMILES string of the molecule is c1ccc(-c2nc(N3c4ccccc4-c4c5c3cccc5cc3oc5ccccc5c43)nc3ccc4ccccc4c23)cc1. The number of hydrogen-bond donors (Lipinski definition) is 0. The van der Waals surface area contributed by atoms with E-state index in [9.17, 15) is 0 Å². The molecule has 204 valence electrons. The van der Waals surface area contributed by atoms with Gasteiger partial charge in [-0.3, -0.25) is 4.90 Å². The molecule has 1 aliphatic rings. The van der Waals surface area contributed by atoms with Crippen molar-refractivity contribution in [3.8, 4) is 22.4 Å². The molecule has 10 rings (SSSR count). The monoisotopic (exact) mass is 561 g/mol. The van der Waals surface area contributed by atoms with Crippen LogP contribution in [0.15, 0.2) is 144 Å². The van der Waals surface area contributed by atoms with Crippen molar-refractivity contribution in [3.63, 3.8) is 0 Å². The van der Waals surface area contributed by atoms with Gasteiger partial charge >= 0.3 is 0 Å². The van der Waals surface area contributed by atoms with E-state index in [1.165, 1.54) is 16.3 Å². The Kier molecular flexibility index (Phi) is 4.69. The van der Waals surface area contributed by atoms with Crippen LogP contribution in [-0.2, 0) is 0 Å². The largest absolute Gasteiger partial charge is 0.456 e. The maximum atomic E-state index is 6.40. The normalized spacial score (nSPS) is 12.5. The Bertz CT molecular complexity index is 2620. The predicted molar refractivity (Wildman–Crippen MR) is 181 cm³/mol. The molecule has 4 heteroatoms. The van der Waals surface area contributed by atoms with Crippen LogP contribution in [0, 0.1) is 0 Å². The van der Waals surface area contributed by atoms with Crippen molar-refractivity contribution in [3.05, 3.63) is 140 Å². The Morgan fingerprint density at radius 1 is 0.500 bits per heavy atom. The summed E-state index contributed by atoms with van der Waals surface area (Å²) >= 11 is 0. The second-order valence-corrected chi connectivity index (χ2v) is 11.4. The molecule has 3 heterocycles. The van der Waals surface area contributed by atoms with E-state index in [0.717, 1.165) is 71.8 Å². The van der Waals surface area contributed by atoms with Crippen molar-refractivity contribution >= 4 is 71.7 Å². The van der Waals surface area contributed by atoms with E-state index in [1.807, 2.05) is 18.2 Å². The van der Waals surface area contributed by atoms with Gasteiger partial charge in [0.25, 0.3) is 0 Å². The van der Waals surface area contributed by atoms with Gasteiger partial charge in [-0.2, -0.15) is 0 Å². The molecular formula is C40H23N3O. The molecule has 2 aromatic heterocycles. The topological polar surface area (TPSA) is 42.2 Å². The molecule has 0 amide bonds. The van der Waals surface area contributed by atoms with Crippen LogP contribution >= 0.6 is 0 Å². The zero-order chi connectivity index (χ0) is 28.8. The number of nitrogens with zero attached hydrogens (tertiary/aromatic N) is 3. The van der Waals surface area contributed by atoms with Gasteiger partial charge in [0, 0.05) is 38.2 Å². The van der Waals surface area contributed by atoms with Gasteiger partial charge in [-0.25, -0.2) is 9.97 Å². The van der Waals surface area contributed by atoms with E-state index in [1.54, 1.807) is 0 Å². The molecule has 0 N–H and O–H groups in total. The Labute approximate surface area is 252 Å². The lowest BCUT2D eigenvalue weighted by molar-refractivity contribution is 0.669. The van der Waals surface area contributed by atoms with Crippen molar-refractivity contribution in [1.82, 2.24) is 9.97 Å². The molecule has 0 saturated carbocycles. The molecular weight excluding hydrogens is 538 g/mol. The van der Waals surface area contributed by atoms with Crippen molar-refractivity contribution in [2.24, 2.45) is 0 Å². The summed E-state index contributed by atoms with van der Waals surface area (Å²) in [5, 5.41) is 7.95. The Morgan fingerprint density at radius 3 is 2.18 bits per heavy atom. The summed E-state index contributed by atoms with van der Waals surface area (Å²) in [6, 6.07) is 48.8. The molecule has 0 bridgehead atoms. The van der Waals surface area contributed by atoms with E-state index in [4.69, 9.17) is 14.4 Å². The first-order chi connectivity index (χ1) is 21.8. The molecule has 44 heavy (non-hydrogen) atoms. The van der Waals surface area contributed by atoms with E-state index in [-0.39, 0.29) is 0 Å². The lowest BCUT2D eigenvalue weighted by Gasteiger charge is -2.32. The molecule has 7 aromatic carbocycles. The van der Waals surface area contributed by atoms with Crippen LogP contribution in [-0.4, -0.2) is 9.97 Å². The number of anilines is 3. The van der Waals surface area contributed by atoms with Gasteiger partial charge in [0.1, 0.15) is 11.2 Å². The fraction of sp³-hybridized carbons (Fsp3) is 0. The standard InChI is InChI=1S/C40H23N3O/c1-2-12-25(13-3-1)39-36-27-15-5-4-11-24(27)21-22-30(36)41-40(42-39)43-31-18-8-6-16-28(31)38-35-26(14-10-19-32(35)43)23-34-37(38)29-17-7-9-20-33(29)44-34/h1-23H. The highest BCUT2D eigenvalue weighted by molar-refractivity contribution is 6.26. The molecule has 0 atom stereocenters. The molecule has 0 aliphatic carbocycles. The minimum absolute atomic E-state index is 0.648. The molecule has 0 spiro atoms. The summed E-state index contributed by atoms with van der Waals surface area (Å²) in [7, 11) is 0. The molecule has 0 saturated heterocycles. The second-order valence-electron chi connectivity index (χ2n) is 11.4. The number of benzene rings is 7. The quantitative estimate of drug-likeness (QED) is 0.197. The zero-order valence-corrected chi connectivity index (χ0v) is 23.5. The van der Waals surface area contributed by atoms with Gasteiger partial charge in [0.15, 0.2) is 0 Å². The Hall–Kier alpha value is -6.00. The summed E-state index contributed by atoms with van der Waals surface area (Å²) in [4.78, 5) is 12.9. The first kappa shape index (κ1) is 23.6. The smallest absolute Gasteiger partial charge is 0.235 e. The van der Waals surface area contributed by atoms with Crippen molar-refractivity contribution in [2.45, 2.75) is 0 Å². The highest BCUT2D eigenvalue weighted by Gasteiger charge is 2.31. The van der Waals surface area contributed by atoms with Gasteiger partial charge < -0.3 is 4.42 Å². The molecule has 4 nitrogen and oxygen atoms in total. The van der Waals surface area contributed by atoms with Crippen LogP contribution in [0.25, 0.3) is 76.8 Å². The third-order valence-corrected chi connectivity index (χ3v) is 8.96. The highest BCUT2D eigenvalue weighted by atomic mass is 16.3. The minimum atomic E-state index is 0.648. The summed E-state index contributed by atoms with van der Waals surface area (Å²) in [5.74, 6) is 0.648. The Balaban J connectivity index is 1.34. The van der Waals surface area contributed by atoms with E-state index in [0.29, 0.717) is 5.95 Å². The number of aromatic nitrogens is 2. The zero-order valence-electron chi connectivity index (χ0n) is 23.5. The average Bonchev–Trinajstić information content (AvgIpc) is 3.46. The molecule has 0 radical (unpaired) electrons. The first-order valence-corrected chi connectivity index (χ1v) is 14.8. The second kappa shape index (κ2) is 8.76. The molecule has 0 fully saturated rings. The number of para-hydroxylation sites is 2. The minimum Gasteiger partial charge on any atom is -0.456 e.